The maximum absolute atomic E-state index is 13.8. The molecule has 0 unspecified atom stereocenters. The average molecular weight is 236 g/mol. The second kappa shape index (κ2) is 4.57. The van der Waals surface area contributed by atoms with E-state index in [-0.39, 0.29) is 18.2 Å². The highest BCUT2D eigenvalue weighted by atomic mass is 19.1. The summed E-state index contributed by atoms with van der Waals surface area (Å²) in [6, 6.07) is 3.17. The SMILES string of the molecule is CCOC(=O)Cc1coc2cc(C)cc(F)c12. The van der Waals surface area contributed by atoms with Crippen LogP contribution in [0.1, 0.15) is 18.1 Å². The average Bonchev–Trinajstić information content (AvgIpc) is 2.61. The number of aryl methyl sites for hydroxylation is 1. The first-order valence-corrected chi connectivity index (χ1v) is 5.43. The third-order valence-corrected chi connectivity index (χ3v) is 2.49. The summed E-state index contributed by atoms with van der Waals surface area (Å²) in [7, 11) is 0. The van der Waals surface area contributed by atoms with Crippen molar-refractivity contribution in [1.29, 1.82) is 0 Å². The molecule has 17 heavy (non-hydrogen) atoms. The predicted molar refractivity (Wildman–Crippen MR) is 61.2 cm³/mol. The number of furan rings is 1. The van der Waals surface area contributed by atoms with Crippen molar-refractivity contribution in [3.8, 4) is 0 Å². The fourth-order valence-corrected chi connectivity index (χ4v) is 1.81. The summed E-state index contributed by atoms with van der Waals surface area (Å²) in [4.78, 5) is 11.3. The van der Waals surface area contributed by atoms with Crippen LogP contribution in [0.15, 0.2) is 22.8 Å². The quantitative estimate of drug-likeness (QED) is 0.769. The summed E-state index contributed by atoms with van der Waals surface area (Å²) < 4.78 is 23.8. The van der Waals surface area contributed by atoms with Crippen molar-refractivity contribution in [2.24, 2.45) is 0 Å². The fourth-order valence-electron chi connectivity index (χ4n) is 1.81. The predicted octanol–water partition coefficient (Wildman–Crippen LogP) is 2.99. The van der Waals surface area contributed by atoms with E-state index in [1.54, 1.807) is 19.9 Å². The van der Waals surface area contributed by atoms with Crippen molar-refractivity contribution in [2.75, 3.05) is 6.61 Å². The van der Waals surface area contributed by atoms with Crippen LogP contribution in [0.5, 0.6) is 0 Å². The lowest BCUT2D eigenvalue weighted by molar-refractivity contribution is -0.142. The van der Waals surface area contributed by atoms with Crippen LogP contribution in [-0.4, -0.2) is 12.6 Å². The number of hydrogen-bond donors (Lipinski definition) is 0. The smallest absolute Gasteiger partial charge is 0.310 e. The van der Waals surface area contributed by atoms with Gasteiger partial charge in [-0.3, -0.25) is 4.79 Å². The molecule has 3 nitrogen and oxygen atoms in total. The number of carbonyl (C=O) groups is 1. The molecule has 1 heterocycles. The van der Waals surface area contributed by atoms with E-state index < -0.39 is 0 Å². The van der Waals surface area contributed by atoms with Gasteiger partial charge >= 0.3 is 5.97 Å². The molecule has 0 aliphatic rings. The Morgan fingerprint density at radius 2 is 2.24 bits per heavy atom. The number of esters is 1. The monoisotopic (exact) mass is 236 g/mol. The van der Waals surface area contributed by atoms with Crippen LogP contribution in [0.25, 0.3) is 11.0 Å². The molecule has 0 fully saturated rings. The number of carbonyl (C=O) groups excluding carboxylic acids is 1. The van der Waals surface area contributed by atoms with Crippen molar-refractivity contribution in [3.05, 3.63) is 35.3 Å². The van der Waals surface area contributed by atoms with E-state index in [2.05, 4.69) is 0 Å². The first kappa shape index (κ1) is 11.6. The van der Waals surface area contributed by atoms with Gasteiger partial charge in [-0.05, 0) is 31.5 Å². The maximum atomic E-state index is 13.8. The minimum absolute atomic E-state index is 0.0286. The summed E-state index contributed by atoms with van der Waals surface area (Å²) in [6.07, 6.45) is 1.44. The van der Waals surface area contributed by atoms with Gasteiger partial charge in [0.2, 0.25) is 0 Å². The lowest BCUT2D eigenvalue weighted by atomic mass is 10.1. The van der Waals surface area contributed by atoms with Crippen LogP contribution in [0, 0.1) is 12.7 Å². The lowest BCUT2D eigenvalue weighted by Crippen LogP contribution is -2.07. The van der Waals surface area contributed by atoms with Crippen molar-refractivity contribution in [3.63, 3.8) is 0 Å². The second-order valence-corrected chi connectivity index (χ2v) is 3.86. The Morgan fingerprint density at radius 3 is 2.94 bits per heavy atom. The van der Waals surface area contributed by atoms with Gasteiger partial charge < -0.3 is 9.15 Å². The Labute approximate surface area is 98.2 Å². The van der Waals surface area contributed by atoms with E-state index in [1.807, 2.05) is 0 Å². The Bertz CT molecular complexity index is 557. The topological polar surface area (TPSA) is 39.4 Å². The van der Waals surface area contributed by atoms with Crippen LogP contribution >= 0.6 is 0 Å². The summed E-state index contributed by atoms with van der Waals surface area (Å²) in [5.74, 6) is -0.747. The van der Waals surface area contributed by atoms with Crippen molar-refractivity contribution in [1.82, 2.24) is 0 Å². The zero-order chi connectivity index (χ0) is 12.4. The molecule has 0 saturated carbocycles. The number of hydrogen-bond acceptors (Lipinski definition) is 3. The minimum Gasteiger partial charge on any atom is -0.466 e. The van der Waals surface area contributed by atoms with E-state index in [4.69, 9.17) is 9.15 Å². The molecule has 0 saturated heterocycles. The Morgan fingerprint density at radius 1 is 1.47 bits per heavy atom. The highest BCUT2D eigenvalue weighted by molar-refractivity contribution is 5.86. The molecule has 0 radical (unpaired) electrons. The van der Waals surface area contributed by atoms with E-state index in [0.29, 0.717) is 23.1 Å². The van der Waals surface area contributed by atoms with Gasteiger partial charge in [-0.15, -0.1) is 0 Å². The Kier molecular flexibility index (Phi) is 3.13. The Balaban J connectivity index is 2.39. The van der Waals surface area contributed by atoms with Crippen LogP contribution in [-0.2, 0) is 16.0 Å². The standard InChI is InChI=1S/C13H13FO3/c1-3-16-12(15)6-9-7-17-11-5-8(2)4-10(14)13(9)11/h4-5,7H,3,6H2,1-2H3. The van der Waals surface area contributed by atoms with Crippen LogP contribution in [0.2, 0.25) is 0 Å². The molecule has 0 N–H and O–H groups in total. The number of rotatable bonds is 3. The molecule has 4 heteroatoms. The molecule has 0 spiro atoms. The normalized spacial score (nSPS) is 10.8. The second-order valence-electron chi connectivity index (χ2n) is 3.86. The van der Waals surface area contributed by atoms with Crippen LogP contribution in [0.3, 0.4) is 0 Å². The molecule has 2 rings (SSSR count). The van der Waals surface area contributed by atoms with Gasteiger partial charge in [0.05, 0.1) is 24.7 Å². The Hall–Kier alpha value is -1.84. The van der Waals surface area contributed by atoms with E-state index >= 15 is 0 Å². The molecular formula is C13H13FO3. The number of halogens is 1. The third-order valence-electron chi connectivity index (χ3n) is 2.49. The van der Waals surface area contributed by atoms with Gasteiger partial charge in [0.25, 0.3) is 0 Å². The first-order chi connectivity index (χ1) is 8.11. The number of benzene rings is 1. The summed E-state index contributed by atoms with van der Waals surface area (Å²) >= 11 is 0. The highest BCUT2D eigenvalue weighted by Crippen LogP contribution is 2.26. The lowest BCUT2D eigenvalue weighted by Gasteiger charge is -2.01. The van der Waals surface area contributed by atoms with Crippen molar-refractivity contribution in [2.45, 2.75) is 20.3 Å². The molecule has 2 aromatic rings. The van der Waals surface area contributed by atoms with Crippen LogP contribution < -0.4 is 0 Å². The number of fused-ring (bicyclic) bond motifs is 1. The first-order valence-electron chi connectivity index (χ1n) is 5.43. The summed E-state index contributed by atoms with van der Waals surface area (Å²) in [5.41, 5.74) is 1.77. The molecule has 0 aliphatic carbocycles. The van der Waals surface area contributed by atoms with Gasteiger partial charge in [-0.1, -0.05) is 0 Å². The van der Waals surface area contributed by atoms with Gasteiger partial charge in [0.1, 0.15) is 11.4 Å². The van der Waals surface area contributed by atoms with Gasteiger partial charge in [-0.2, -0.15) is 0 Å². The van der Waals surface area contributed by atoms with E-state index in [0.717, 1.165) is 5.56 Å². The molecular weight excluding hydrogens is 223 g/mol. The molecule has 0 bridgehead atoms. The van der Waals surface area contributed by atoms with Gasteiger partial charge in [0.15, 0.2) is 0 Å². The molecule has 1 aromatic carbocycles. The van der Waals surface area contributed by atoms with Gasteiger partial charge in [-0.25, -0.2) is 4.39 Å². The zero-order valence-electron chi connectivity index (χ0n) is 9.75. The van der Waals surface area contributed by atoms with E-state index in [9.17, 15) is 9.18 Å². The van der Waals surface area contributed by atoms with Crippen LogP contribution in [0.4, 0.5) is 4.39 Å². The highest BCUT2D eigenvalue weighted by Gasteiger charge is 2.14. The largest absolute Gasteiger partial charge is 0.466 e. The van der Waals surface area contributed by atoms with Crippen molar-refractivity contribution < 1.29 is 18.3 Å². The molecule has 0 aliphatic heterocycles. The molecule has 90 valence electrons. The molecule has 0 atom stereocenters. The maximum Gasteiger partial charge on any atom is 0.310 e. The van der Waals surface area contributed by atoms with Gasteiger partial charge in [0, 0.05) is 5.56 Å². The summed E-state index contributed by atoms with van der Waals surface area (Å²) in [6.45, 7) is 3.83. The molecule has 1 aromatic heterocycles. The third kappa shape index (κ3) is 2.30. The zero-order valence-corrected chi connectivity index (χ0v) is 9.75. The summed E-state index contributed by atoms with van der Waals surface area (Å²) in [5, 5.41) is 0.364. The number of ether oxygens (including phenoxy) is 1. The van der Waals surface area contributed by atoms with E-state index in [1.165, 1.54) is 12.3 Å². The fraction of sp³-hybridized carbons (Fsp3) is 0.308. The minimum atomic E-state index is -0.379. The molecule has 0 amide bonds. The van der Waals surface area contributed by atoms with Crippen molar-refractivity contribution >= 4 is 16.9 Å².